The number of hydrogen-bond acceptors (Lipinski definition) is 4. The van der Waals surface area contributed by atoms with E-state index in [1.54, 1.807) is 23.1 Å². The van der Waals surface area contributed by atoms with Crippen LogP contribution in [0.2, 0.25) is 0 Å². The molecular weight excluding hydrogens is 276 g/mol. The van der Waals surface area contributed by atoms with Crippen LogP contribution in [0.4, 0.5) is 0 Å². The summed E-state index contributed by atoms with van der Waals surface area (Å²) in [6.07, 6.45) is 6.31. The second kappa shape index (κ2) is 6.57. The van der Waals surface area contributed by atoms with E-state index in [9.17, 15) is 4.79 Å². The molecular formula is C14H20N2OS2. The van der Waals surface area contributed by atoms with Crippen molar-refractivity contribution in [2.45, 2.75) is 51.2 Å². The molecule has 0 aliphatic rings. The number of unbranched alkanes of at least 4 members (excludes halogenated alkanes) is 2. The van der Waals surface area contributed by atoms with E-state index in [-0.39, 0.29) is 5.56 Å². The van der Waals surface area contributed by atoms with Crippen LogP contribution in [-0.4, -0.2) is 15.8 Å². The fraction of sp³-hybridized carbons (Fsp3) is 0.571. The molecule has 0 radical (unpaired) electrons. The minimum absolute atomic E-state index is 0.126. The molecule has 0 saturated heterocycles. The summed E-state index contributed by atoms with van der Waals surface area (Å²) in [5, 5.41) is 1.63. The highest BCUT2D eigenvalue weighted by atomic mass is 32.2. The lowest BCUT2D eigenvalue weighted by molar-refractivity contribution is 0.542. The zero-order valence-corrected chi connectivity index (χ0v) is 13.4. The Kier molecular flexibility index (Phi) is 5.05. The van der Waals surface area contributed by atoms with Gasteiger partial charge in [0.25, 0.3) is 5.56 Å². The first-order chi connectivity index (χ1) is 9.21. The van der Waals surface area contributed by atoms with Crippen molar-refractivity contribution >= 4 is 33.3 Å². The molecule has 0 aromatic carbocycles. The molecule has 5 heteroatoms. The van der Waals surface area contributed by atoms with Crippen LogP contribution in [0.3, 0.4) is 0 Å². The number of thiophene rings is 1. The van der Waals surface area contributed by atoms with Gasteiger partial charge in [-0.15, -0.1) is 11.3 Å². The smallest absolute Gasteiger partial charge is 0.262 e. The molecule has 0 bridgehead atoms. The van der Waals surface area contributed by atoms with Gasteiger partial charge in [-0.1, -0.05) is 38.5 Å². The summed E-state index contributed by atoms with van der Waals surface area (Å²) >= 11 is 3.20. The largest absolute Gasteiger partial charge is 0.287 e. The molecule has 3 nitrogen and oxygen atoms in total. The minimum atomic E-state index is 0.126. The lowest BCUT2D eigenvalue weighted by atomic mass is 10.2. The maximum atomic E-state index is 12.5. The molecule has 2 heterocycles. The van der Waals surface area contributed by atoms with Crippen molar-refractivity contribution in [2.75, 3.05) is 6.26 Å². The first-order valence-corrected chi connectivity index (χ1v) is 8.82. The number of aryl methyl sites for hydroxylation is 1. The standard InChI is InChI=1S/C14H20N2OS2/c1-4-6-7-8-16-13(17)11-9-10(5-2)19-12(11)15-14(16)18-3/h9H,4-8H2,1-3H3. The Balaban J connectivity index is 2.48. The summed E-state index contributed by atoms with van der Waals surface area (Å²) in [6, 6.07) is 2.01. The van der Waals surface area contributed by atoms with E-state index in [2.05, 4.69) is 18.8 Å². The monoisotopic (exact) mass is 296 g/mol. The molecule has 104 valence electrons. The van der Waals surface area contributed by atoms with Gasteiger partial charge in [0, 0.05) is 11.4 Å². The van der Waals surface area contributed by atoms with E-state index in [0.29, 0.717) is 0 Å². The van der Waals surface area contributed by atoms with E-state index >= 15 is 0 Å². The SMILES string of the molecule is CCCCCn1c(SC)nc2sc(CC)cc2c1=O. The highest BCUT2D eigenvalue weighted by Gasteiger charge is 2.12. The van der Waals surface area contributed by atoms with Gasteiger partial charge < -0.3 is 0 Å². The third-order valence-electron chi connectivity index (χ3n) is 3.18. The Morgan fingerprint density at radius 3 is 2.79 bits per heavy atom. The van der Waals surface area contributed by atoms with Crippen LogP contribution in [-0.2, 0) is 13.0 Å². The normalized spacial score (nSPS) is 11.3. The lowest BCUT2D eigenvalue weighted by Gasteiger charge is -2.09. The quantitative estimate of drug-likeness (QED) is 0.460. The molecule has 0 aliphatic heterocycles. The molecule has 0 saturated carbocycles. The van der Waals surface area contributed by atoms with Gasteiger partial charge in [-0.25, -0.2) is 4.98 Å². The fourth-order valence-electron chi connectivity index (χ4n) is 2.09. The van der Waals surface area contributed by atoms with E-state index in [4.69, 9.17) is 0 Å². The number of fused-ring (bicyclic) bond motifs is 1. The number of thioether (sulfide) groups is 1. The fourth-order valence-corrected chi connectivity index (χ4v) is 3.69. The maximum absolute atomic E-state index is 12.5. The molecule has 0 atom stereocenters. The lowest BCUT2D eigenvalue weighted by Crippen LogP contribution is -2.22. The zero-order valence-electron chi connectivity index (χ0n) is 11.7. The van der Waals surface area contributed by atoms with Crippen molar-refractivity contribution < 1.29 is 0 Å². The number of rotatable bonds is 6. The number of hydrogen-bond donors (Lipinski definition) is 0. The third kappa shape index (κ3) is 3.03. The average molecular weight is 296 g/mol. The maximum Gasteiger partial charge on any atom is 0.262 e. The molecule has 0 N–H and O–H groups in total. The Labute approximate surface area is 122 Å². The van der Waals surface area contributed by atoms with Crippen LogP contribution in [0.25, 0.3) is 10.2 Å². The second-order valence-electron chi connectivity index (χ2n) is 4.55. The van der Waals surface area contributed by atoms with Crippen molar-refractivity contribution in [1.82, 2.24) is 9.55 Å². The van der Waals surface area contributed by atoms with Gasteiger partial charge in [-0.2, -0.15) is 0 Å². The summed E-state index contributed by atoms with van der Waals surface area (Å²) in [5.74, 6) is 0. The summed E-state index contributed by atoms with van der Waals surface area (Å²) in [4.78, 5) is 19.3. The van der Waals surface area contributed by atoms with Crippen molar-refractivity contribution in [3.8, 4) is 0 Å². The highest BCUT2D eigenvalue weighted by molar-refractivity contribution is 7.98. The molecule has 0 unspecified atom stereocenters. The minimum Gasteiger partial charge on any atom is -0.287 e. The van der Waals surface area contributed by atoms with Gasteiger partial charge in [0.1, 0.15) is 4.83 Å². The first-order valence-electron chi connectivity index (χ1n) is 6.78. The van der Waals surface area contributed by atoms with Crippen LogP contribution in [0.5, 0.6) is 0 Å². The van der Waals surface area contributed by atoms with E-state index in [0.717, 1.165) is 47.6 Å². The van der Waals surface area contributed by atoms with Gasteiger partial charge in [-0.3, -0.25) is 9.36 Å². The van der Waals surface area contributed by atoms with E-state index in [1.807, 2.05) is 16.9 Å². The van der Waals surface area contributed by atoms with Crippen LogP contribution in [0, 0.1) is 0 Å². The zero-order chi connectivity index (χ0) is 13.8. The van der Waals surface area contributed by atoms with Crippen LogP contribution in [0.1, 0.15) is 38.0 Å². The Hall–Kier alpha value is -0.810. The first kappa shape index (κ1) is 14.6. The summed E-state index contributed by atoms with van der Waals surface area (Å²) in [7, 11) is 0. The number of aromatic nitrogens is 2. The third-order valence-corrected chi connectivity index (χ3v) is 5.03. The van der Waals surface area contributed by atoms with Crippen LogP contribution in [0.15, 0.2) is 16.0 Å². The van der Waals surface area contributed by atoms with Crippen molar-refractivity contribution in [3.05, 3.63) is 21.3 Å². The van der Waals surface area contributed by atoms with Gasteiger partial charge in [-0.05, 0) is 25.2 Å². The second-order valence-corrected chi connectivity index (χ2v) is 6.44. The van der Waals surface area contributed by atoms with E-state index < -0.39 is 0 Å². The average Bonchev–Trinajstić information content (AvgIpc) is 2.84. The predicted molar refractivity (Wildman–Crippen MR) is 84.6 cm³/mol. The van der Waals surface area contributed by atoms with Crippen molar-refractivity contribution in [2.24, 2.45) is 0 Å². The molecule has 0 fully saturated rings. The molecule has 2 aromatic heterocycles. The highest BCUT2D eigenvalue weighted by Crippen LogP contribution is 2.24. The van der Waals surface area contributed by atoms with Gasteiger partial charge >= 0.3 is 0 Å². The Bertz CT molecular complexity index is 616. The molecule has 0 amide bonds. The molecule has 2 rings (SSSR count). The molecule has 19 heavy (non-hydrogen) atoms. The van der Waals surface area contributed by atoms with Gasteiger partial charge in [0.2, 0.25) is 0 Å². The van der Waals surface area contributed by atoms with Crippen molar-refractivity contribution in [3.63, 3.8) is 0 Å². The summed E-state index contributed by atoms with van der Waals surface area (Å²) in [6.45, 7) is 5.06. The molecule has 0 spiro atoms. The summed E-state index contributed by atoms with van der Waals surface area (Å²) in [5.41, 5.74) is 0.126. The predicted octanol–water partition coefficient (Wildman–Crippen LogP) is 3.93. The number of nitrogens with zero attached hydrogens (tertiary/aromatic N) is 2. The summed E-state index contributed by atoms with van der Waals surface area (Å²) < 4.78 is 1.84. The molecule has 2 aromatic rings. The van der Waals surface area contributed by atoms with Gasteiger partial charge in [0.05, 0.1) is 5.39 Å². The van der Waals surface area contributed by atoms with Gasteiger partial charge in [0.15, 0.2) is 5.16 Å². The molecule has 0 aliphatic carbocycles. The van der Waals surface area contributed by atoms with E-state index in [1.165, 1.54) is 4.88 Å². The topological polar surface area (TPSA) is 34.9 Å². The Morgan fingerprint density at radius 1 is 1.37 bits per heavy atom. The Morgan fingerprint density at radius 2 is 2.16 bits per heavy atom. The van der Waals surface area contributed by atoms with Crippen LogP contribution >= 0.6 is 23.1 Å². The van der Waals surface area contributed by atoms with Crippen LogP contribution < -0.4 is 5.56 Å². The van der Waals surface area contributed by atoms with Crippen molar-refractivity contribution in [1.29, 1.82) is 0 Å².